The largest absolute Gasteiger partial charge is 0.489 e. The third-order valence-electron chi connectivity index (χ3n) is 8.92. The van der Waals surface area contributed by atoms with Crippen molar-refractivity contribution >= 4 is 5.91 Å². The van der Waals surface area contributed by atoms with Crippen LogP contribution in [0.15, 0.2) is 109 Å². The van der Waals surface area contributed by atoms with Gasteiger partial charge in [0.05, 0.1) is 0 Å². The average Bonchev–Trinajstić information content (AvgIpc) is 3.06. The van der Waals surface area contributed by atoms with Crippen LogP contribution in [0.5, 0.6) is 5.75 Å². The maximum atomic E-state index is 13.6. The molecule has 1 atom stereocenters. The van der Waals surface area contributed by atoms with E-state index in [-0.39, 0.29) is 23.9 Å². The van der Waals surface area contributed by atoms with Crippen LogP contribution in [-0.4, -0.2) is 60.6 Å². The topological polar surface area (TPSA) is 44.8 Å². The van der Waals surface area contributed by atoms with Crippen molar-refractivity contribution in [1.29, 1.82) is 0 Å². The van der Waals surface area contributed by atoms with E-state index >= 15 is 0 Å². The molecule has 0 bridgehead atoms. The van der Waals surface area contributed by atoms with Crippen LogP contribution in [0, 0.1) is 5.82 Å². The molecule has 0 aliphatic carbocycles. The molecular weight excluding hydrogens is 549 g/mol. The molecule has 0 spiro atoms. The fraction of sp³-hybridized carbons (Fsp3) is 0.342. The van der Waals surface area contributed by atoms with E-state index < -0.39 is 0 Å². The minimum atomic E-state index is -0.198. The first-order valence-electron chi connectivity index (χ1n) is 16.0. The normalized spacial score (nSPS) is 18.3. The first-order chi connectivity index (χ1) is 21.6. The summed E-state index contributed by atoms with van der Waals surface area (Å²) < 4.78 is 20.0. The van der Waals surface area contributed by atoms with Crippen LogP contribution in [-0.2, 0) is 6.54 Å². The molecule has 0 aromatic heterocycles. The second kappa shape index (κ2) is 14.7. The van der Waals surface area contributed by atoms with E-state index in [1.807, 2.05) is 30.3 Å². The van der Waals surface area contributed by atoms with E-state index in [0.717, 1.165) is 76.3 Å². The number of piperidine rings is 2. The molecule has 1 unspecified atom stereocenters. The molecule has 0 saturated carbocycles. The van der Waals surface area contributed by atoms with Gasteiger partial charge in [-0.3, -0.25) is 14.6 Å². The summed E-state index contributed by atoms with van der Waals surface area (Å²) in [6.07, 6.45) is 3.92. The summed E-state index contributed by atoms with van der Waals surface area (Å²) in [4.78, 5) is 18.0. The average molecular weight is 592 g/mol. The van der Waals surface area contributed by atoms with Gasteiger partial charge in [0.25, 0.3) is 5.91 Å². The van der Waals surface area contributed by atoms with E-state index in [2.05, 4.69) is 75.8 Å². The van der Waals surface area contributed by atoms with Crippen LogP contribution < -0.4 is 10.1 Å². The molecular formula is C38H42FN3O2. The summed E-state index contributed by atoms with van der Waals surface area (Å²) in [5, 5.41) is 3.23. The predicted octanol–water partition coefficient (Wildman–Crippen LogP) is 6.90. The van der Waals surface area contributed by atoms with Gasteiger partial charge in [-0.05, 0) is 79.3 Å². The van der Waals surface area contributed by atoms with E-state index in [4.69, 9.17) is 4.74 Å². The van der Waals surface area contributed by atoms with Gasteiger partial charge < -0.3 is 10.1 Å². The minimum absolute atomic E-state index is 0.0575. The minimum Gasteiger partial charge on any atom is -0.489 e. The maximum Gasteiger partial charge on any atom is 0.251 e. The SMILES string of the molecule is O=C(NC1CCN(Cc2cccc(F)c2)CC1)c1cccc(OC2CCCN(CC(c3ccccc3)c3ccccc3)C2)c1. The Hall–Kier alpha value is -4.00. The lowest BCUT2D eigenvalue weighted by Crippen LogP contribution is -2.44. The molecule has 44 heavy (non-hydrogen) atoms. The zero-order valence-electron chi connectivity index (χ0n) is 25.3. The summed E-state index contributed by atoms with van der Waals surface area (Å²) in [6, 6.07) is 36.1. The van der Waals surface area contributed by atoms with Gasteiger partial charge in [-0.2, -0.15) is 0 Å². The van der Waals surface area contributed by atoms with E-state index in [0.29, 0.717) is 11.5 Å². The van der Waals surface area contributed by atoms with Gasteiger partial charge in [-0.25, -0.2) is 4.39 Å². The highest BCUT2D eigenvalue weighted by Crippen LogP contribution is 2.28. The summed E-state index contributed by atoms with van der Waals surface area (Å²) >= 11 is 0. The summed E-state index contributed by atoms with van der Waals surface area (Å²) in [7, 11) is 0. The highest BCUT2D eigenvalue weighted by Gasteiger charge is 2.26. The number of halogens is 1. The van der Waals surface area contributed by atoms with Gasteiger partial charge in [0.15, 0.2) is 0 Å². The Labute approximate surface area is 260 Å². The Morgan fingerprint density at radius 3 is 2.20 bits per heavy atom. The van der Waals surface area contributed by atoms with Crippen LogP contribution in [0.1, 0.15) is 58.6 Å². The molecule has 2 aliphatic rings. The van der Waals surface area contributed by atoms with Crippen LogP contribution in [0.25, 0.3) is 0 Å². The van der Waals surface area contributed by atoms with Crippen LogP contribution in [0.4, 0.5) is 4.39 Å². The number of rotatable bonds is 10. The van der Waals surface area contributed by atoms with Gasteiger partial charge in [0, 0.05) is 50.2 Å². The number of nitrogens with zero attached hydrogens (tertiary/aromatic N) is 2. The Morgan fingerprint density at radius 2 is 1.50 bits per heavy atom. The van der Waals surface area contributed by atoms with E-state index in [9.17, 15) is 9.18 Å². The number of likely N-dealkylation sites (tertiary alicyclic amines) is 2. The number of hydrogen-bond acceptors (Lipinski definition) is 4. The van der Waals surface area contributed by atoms with Crippen molar-refractivity contribution in [1.82, 2.24) is 15.1 Å². The number of carbonyl (C=O) groups excluding carboxylic acids is 1. The first kappa shape index (κ1) is 30.0. The Balaban J connectivity index is 1.01. The first-order valence-corrected chi connectivity index (χ1v) is 16.0. The van der Waals surface area contributed by atoms with Crippen molar-refractivity contribution in [3.8, 4) is 5.75 Å². The van der Waals surface area contributed by atoms with Crippen molar-refractivity contribution in [3.63, 3.8) is 0 Å². The highest BCUT2D eigenvalue weighted by molar-refractivity contribution is 5.94. The van der Waals surface area contributed by atoms with E-state index in [1.54, 1.807) is 12.1 Å². The third kappa shape index (κ3) is 8.13. The van der Waals surface area contributed by atoms with Crippen LogP contribution in [0.2, 0.25) is 0 Å². The van der Waals surface area contributed by atoms with Gasteiger partial charge in [0.1, 0.15) is 17.7 Å². The Kier molecular flexibility index (Phi) is 10.0. The molecule has 0 radical (unpaired) electrons. The van der Waals surface area contributed by atoms with Crippen molar-refractivity contribution in [3.05, 3.63) is 137 Å². The lowest BCUT2D eigenvalue weighted by Gasteiger charge is -2.35. The molecule has 4 aromatic rings. The number of benzene rings is 4. The van der Waals surface area contributed by atoms with Gasteiger partial charge >= 0.3 is 0 Å². The zero-order valence-corrected chi connectivity index (χ0v) is 25.3. The highest BCUT2D eigenvalue weighted by atomic mass is 19.1. The zero-order chi connectivity index (χ0) is 30.1. The number of nitrogens with one attached hydrogen (secondary N) is 1. The van der Waals surface area contributed by atoms with Gasteiger partial charge in [-0.15, -0.1) is 0 Å². The molecule has 2 aliphatic heterocycles. The molecule has 2 fully saturated rings. The molecule has 1 amide bonds. The Bertz CT molecular complexity index is 1450. The van der Waals surface area contributed by atoms with Crippen LogP contribution >= 0.6 is 0 Å². The smallest absolute Gasteiger partial charge is 0.251 e. The van der Waals surface area contributed by atoms with Crippen LogP contribution in [0.3, 0.4) is 0 Å². The summed E-state index contributed by atoms with van der Waals surface area (Å²) in [5.74, 6) is 0.794. The standard InChI is InChI=1S/C38H42FN3O2/c39-33-16-7-10-29(24-33)26-41-22-19-34(20-23-41)40-38(43)32-15-8-17-35(25-32)44-36-18-9-21-42(27-36)28-37(30-11-3-1-4-12-30)31-13-5-2-6-14-31/h1-8,10-17,24-25,34,36-37H,9,18-23,26-28H2,(H,40,43). The quantitative estimate of drug-likeness (QED) is 0.218. The lowest BCUT2D eigenvalue weighted by molar-refractivity contribution is 0.0856. The number of amides is 1. The fourth-order valence-corrected chi connectivity index (χ4v) is 6.61. The second-order valence-corrected chi connectivity index (χ2v) is 12.2. The summed E-state index contributed by atoms with van der Waals surface area (Å²) in [6.45, 7) is 5.34. The second-order valence-electron chi connectivity index (χ2n) is 12.2. The van der Waals surface area contributed by atoms with Gasteiger partial charge in [-0.1, -0.05) is 78.9 Å². The summed E-state index contributed by atoms with van der Waals surface area (Å²) in [5.41, 5.74) is 4.28. The number of ether oxygens (including phenoxy) is 1. The van der Waals surface area contributed by atoms with Crippen molar-refractivity contribution in [2.45, 2.75) is 50.3 Å². The fourth-order valence-electron chi connectivity index (χ4n) is 6.61. The molecule has 4 aromatic carbocycles. The monoisotopic (exact) mass is 591 g/mol. The number of hydrogen-bond donors (Lipinski definition) is 1. The molecule has 228 valence electrons. The molecule has 1 N–H and O–H groups in total. The predicted molar refractivity (Wildman–Crippen MR) is 173 cm³/mol. The maximum absolute atomic E-state index is 13.6. The lowest BCUT2D eigenvalue weighted by atomic mass is 9.90. The van der Waals surface area contributed by atoms with Gasteiger partial charge in [0.2, 0.25) is 0 Å². The van der Waals surface area contributed by atoms with Crippen molar-refractivity contribution < 1.29 is 13.9 Å². The Morgan fingerprint density at radius 1 is 0.795 bits per heavy atom. The molecule has 6 heteroatoms. The molecule has 6 rings (SSSR count). The van der Waals surface area contributed by atoms with Crippen molar-refractivity contribution in [2.24, 2.45) is 0 Å². The number of carbonyl (C=O) groups is 1. The molecule has 2 heterocycles. The third-order valence-corrected chi connectivity index (χ3v) is 8.92. The van der Waals surface area contributed by atoms with E-state index in [1.165, 1.54) is 17.2 Å². The molecule has 5 nitrogen and oxygen atoms in total. The van der Waals surface area contributed by atoms with Crippen molar-refractivity contribution in [2.75, 3.05) is 32.7 Å². The molecule has 2 saturated heterocycles.